The Hall–Kier alpha value is -3.83. The number of oxime groups is 1. The van der Waals surface area contributed by atoms with Crippen LogP contribution >= 0.6 is 0 Å². The number of aliphatic hydroxyl groups excluding tert-OH is 1. The highest BCUT2D eigenvalue weighted by Gasteiger charge is 2.54. The van der Waals surface area contributed by atoms with Gasteiger partial charge in [0.15, 0.2) is 12.2 Å². The van der Waals surface area contributed by atoms with Gasteiger partial charge in [-0.3, -0.25) is 4.84 Å². The van der Waals surface area contributed by atoms with Crippen molar-refractivity contribution in [2.24, 2.45) is 5.16 Å². The minimum atomic E-state index is -1.52. The van der Waals surface area contributed by atoms with Crippen LogP contribution in [0.2, 0.25) is 0 Å². The van der Waals surface area contributed by atoms with Crippen molar-refractivity contribution in [2.45, 2.75) is 70.7 Å². The van der Waals surface area contributed by atoms with Gasteiger partial charge >= 0.3 is 11.7 Å². The number of nitrogens with one attached hydrogen (secondary N) is 1. The van der Waals surface area contributed by atoms with E-state index in [1.807, 2.05) is 12.4 Å². The molecule has 1 amide bonds. The highest BCUT2D eigenvalue weighted by Crippen LogP contribution is 2.39. The summed E-state index contributed by atoms with van der Waals surface area (Å²) >= 11 is 0. The molecular weight excluding hydrogens is 528 g/mol. The van der Waals surface area contributed by atoms with E-state index in [1.165, 1.54) is 26.4 Å². The topological polar surface area (TPSA) is 168 Å². The lowest BCUT2D eigenvalue weighted by Crippen LogP contribution is -2.66. The number of rotatable bonds is 10. The summed E-state index contributed by atoms with van der Waals surface area (Å²) < 4.78 is 28.7. The van der Waals surface area contributed by atoms with E-state index in [0.717, 1.165) is 0 Å². The monoisotopic (exact) mass is 562 g/mol. The summed E-state index contributed by atoms with van der Waals surface area (Å²) in [5.74, 6) is 2.06. The van der Waals surface area contributed by atoms with Crippen LogP contribution in [0.15, 0.2) is 26.5 Å². The van der Waals surface area contributed by atoms with Crippen LogP contribution in [-0.4, -0.2) is 73.0 Å². The molecule has 13 heteroatoms. The Morgan fingerprint density at radius 1 is 1.30 bits per heavy atom. The molecule has 2 aromatic rings. The van der Waals surface area contributed by atoms with Crippen LogP contribution in [0.3, 0.4) is 0 Å². The van der Waals surface area contributed by atoms with E-state index in [-0.39, 0.29) is 40.4 Å². The number of ether oxygens (including phenoxy) is 4. The van der Waals surface area contributed by atoms with Gasteiger partial charge in [0.2, 0.25) is 6.29 Å². The number of aryl methyl sites for hydroxylation is 1. The van der Waals surface area contributed by atoms with Gasteiger partial charge in [0.05, 0.1) is 16.7 Å². The van der Waals surface area contributed by atoms with Gasteiger partial charge in [-0.05, 0) is 38.8 Å². The SMILES string of the molecule is C#CCONC(=O)O[C@@H]1[C@@H](OC)[C@](C)(CC)OC(Oc2ccc3c(O)c(C(CC)=NOC)c(=O)oc3c2C)[C@@H]1O. The van der Waals surface area contributed by atoms with Crippen LogP contribution in [-0.2, 0) is 23.9 Å². The van der Waals surface area contributed by atoms with Gasteiger partial charge in [0.1, 0.15) is 42.5 Å². The molecule has 0 saturated carbocycles. The van der Waals surface area contributed by atoms with Crippen LogP contribution in [0, 0.1) is 19.3 Å². The number of carbonyl (C=O) groups is 1. The zero-order valence-electron chi connectivity index (χ0n) is 23.2. The number of aromatic hydroxyl groups is 1. The normalized spacial score (nSPS) is 24.8. The highest BCUT2D eigenvalue weighted by molar-refractivity contribution is 6.06. The molecule has 3 rings (SSSR count). The summed E-state index contributed by atoms with van der Waals surface area (Å²) in [7, 11) is 2.73. The Morgan fingerprint density at radius 3 is 2.62 bits per heavy atom. The van der Waals surface area contributed by atoms with Gasteiger partial charge in [-0.1, -0.05) is 24.9 Å². The number of hydrogen-bond donors (Lipinski definition) is 3. The predicted molar refractivity (Wildman–Crippen MR) is 142 cm³/mol. The molecule has 0 spiro atoms. The summed E-state index contributed by atoms with van der Waals surface area (Å²) in [5, 5.41) is 26.1. The third kappa shape index (κ3) is 6.00. The average molecular weight is 563 g/mol. The maximum atomic E-state index is 12.8. The first-order chi connectivity index (χ1) is 19.1. The lowest BCUT2D eigenvalue weighted by Gasteiger charge is -2.48. The molecule has 3 N–H and O–H groups in total. The van der Waals surface area contributed by atoms with E-state index in [9.17, 15) is 19.8 Å². The number of hydrogen-bond acceptors (Lipinski definition) is 12. The maximum Gasteiger partial charge on any atom is 0.431 e. The number of carbonyl (C=O) groups excluding carboxylic acids is 1. The molecule has 218 valence electrons. The van der Waals surface area contributed by atoms with Crippen molar-refractivity contribution in [2.75, 3.05) is 20.8 Å². The van der Waals surface area contributed by atoms with Gasteiger partial charge in [-0.2, -0.15) is 5.48 Å². The van der Waals surface area contributed by atoms with Crippen LogP contribution in [0.1, 0.15) is 44.7 Å². The van der Waals surface area contributed by atoms with Crippen molar-refractivity contribution in [3.63, 3.8) is 0 Å². The Bertz CT molecular complexity index is 1350. The molecule has 1 unspecified atom stereocenters. The second-order valence-electron chi connectivity index (χ2n) is 9.13. The Labute approximate surface area is 230 Å². The van der Waals surface area contributed by atoms with Crippen molar-refractivity contribution in [3.05, 3.63) is 33.7 Å². The second-order valence-corrected chi connectivity index (χ2v) is 9.13. The van der Waals surface area contributed by atoms with E-state index in [1.54, 1.807) is 20.8 Å². The molecule has 0 aliphatic carbocycles. The molecule has 1 aliphatic rings. The molecule has 0 bridgehead atoms. The predicted octanol–water partition coefficient (Wildman–Crippen LogP) is 2.51. The molecule has 1 aromatic heterocycles. The molecular formula is C27H34N2O11. The summed E-state index contributed by atoms with van der Waals surface area (Å²) in [6.45, 7) is 6.74. The molecule has 5 atom stereocenters. The van der Waals surface area contributed by atoms with Gasteiger partial charge in [0.25, 0.3) is 0 Å². The van der Waals surface area contributed by atoms with Crippen molar-refractivity contribution < 1.29 is 48.0 Å². The summed E-state index contributed by atoms with van der Waals surface area (Å²) in [4.78, 5) is 34.7. The van der Waals surface area contributed by atoms with E-state index in [4.69, 9.17) is 39.5 Å². The highest BCUT2D eigenvalue weighted by atomic mass is 16.7. The summed E-state index contributed by atoms with van der Waals surface area (Å²) in [5.41, 5.74) is 0.694. The first-order valence-corrected chi connectivity index (χ1v) is 12.5. The average Bonchev–Trinajstić information content (AvgIpc) is 2.92. The number of amides is 1. The fourth-order valence-electron chi connectivity index (χ4n) is 4.53. The third-order valence-corrected chi connectivity index (χ3v) is 6.73. The molecule has 13 nitrogen and oxygen atoms in total. The number of hydroxylamine groups is 1. The minimum absolute atomic E-state index is 0.0628. The second kappa shape index (κ2) is 13.0. The molecule has 1 aromatic carbocycles. The number of nitrogens with zero attached hydrogens (tertiary/aromatic N) is 1. The quantitative estimate of drug-likeness (QED) is 0.128. The molecule has 0 radical (unpaired) electrons. The number of fused-ring (bicyclic) bond motifs is 1. The Morgan fingerprint density at radius 2 is 2.02 bits per heavy atom. The minimum Gasteiger partial charge on any atom is -0.506 e. The summed E-state index contributed by atoms with van der Waals surface area (Å²) in [6.07, 6.45) is -0.149. The van der Waals surface area contributed by atoms with Crippen molar-refractivity contribution in [1.82, 2.24) is 5.48 Å². The molecule has 2 heterocycles. The molecule has 1 fully saturated rings. The van der Waals surface area contributed by atoms with Crippen molar-refractivity contribution in [3.8, 4) is 23.8 Å². The third-order valence-electron chi connectivity index (χ3n) is 6.73. The van der Waals surface area contributed by atoms with Crippen molar-refractivity contribution in [1.29, 1.82) is 0 Å². The van der Waals surface area contributed by atoms with Gasteiger partial charge in [-0.15, -0.1) is 6.42 Å². The van der Waals surface area contributed by atoms with E-state index < -0.39 is 41.9 Å². The number of methoxy groups -OCH3 is 1. The van der Waals surface area contributed by atoms with Crippen LogP contribution < -0.4 is 15.8 Å². The van der Waals surface area contributed by atoms with Gasteiger partial charge in [0, 0.05) is 12.7 Å². The lowest BCUT2D eigenvalue weighted by atomic mass is 9.86. The Balaban J connectivity index is 1.98. The van der Waals surface area contributed by atoms with E-state index >= 15 is 0 Å². The van der Waals surface area contributed by atoms with Crippen LogP contribution in [0.4, 0.5) is 4.79 Å². The standard InChI is InChI=1S/C27H34N2O11/c1-8-13-36-29-26(33)39-22-20(31)25(40-27(5,10-3)23(22)34-6)37-17-12-11-15-19(30)18(16(9-2)28-35-7)24(32)38-21(15)14(17)4/h1,11-12,20,22-23,25,30-31H,9-10,13H2,2-7H3,(H,29,33)/t20-,22+,23-,25?,27+/m1/s1. The van der Waals surface area contributed by atoms with Crippen molar-refractivity contribution >= 4 is 22.8 Å². The van der Waals surface area contributed by atoms with Crippen LogP contribution in [0.5, 0.6) is 11.5 Å². The van der Waals surface area contributed by atoms with E-state index in [2.05, 4.69) is 11.1 Å². The molecule has 1 aliphatic heterocycles. The van der Waals surface area contributed by atoms with Crippen LogP contribution in [0.25, 0.3) is 11.0 Å². The fraction of sp³-hybridized carbons (Fsp3) is 0.519. The fourth-order valence-corrected chi connectivity index (χ4v) is 4.53. The van der Waals surface area contributed by atoms with E-state index in [0.29, 0.717) is 18.4 Å². The zero-order valence-corrected chi connectivity index (χ0v) is 23.2. The van der Waals surface area contributed by atoms with Gasteiger partial charge < -0.3 is 38.4 Å². The van der Waals surface area contributed by atoms with Gasteiger partial charge in [-0.25, -0.2) is 9.59 Å². The summed E-state index contributed by atoms with van der Waals surface area (Å²) in [6, 6.07) is 3.02. The number of aliphatic hydroxyl groups is 1. The zero-order chi connectivity index (χ0) is 29.6. The first kappa shape index (κ1) is 30.7. The number of benzene rings is 1. The largest absolute Gasteiger partial charge is 0.506 e. The molecule has 40 heavy (non-hydrogen) atoms. The smallest absolute Gasteiger partial charge is 0.431 e. The maximum absolute atomic E-state index is 12.8. The molecule has 1 saturated heterocycles. The lowest BCUT2D eigenvalue weighted by molar-refractivity contribution is -0.311. The number of terminal acetylenes is 1. The Kier molecular flexibility index (Phi) is 9.99. The first-order valence-electron chi connectivity index (χ1n) is 12.5.